The molecule has 0 aliphatic carbocycles. The van der Waals surface area contributed by atoms with E-state index in [2.05, 4.69) is 27.2 Å². The highest BCUT2D eigenvalue weighted by Crippen LogP contribution is 2.16. The van der Waals surface area contributed by atoms with E-state index in [1.54, 1.807) is 19.1 Å². The van der Waals surface area contributed by atoms with Crippen LogP contribution in [0.25, 0.3) is 0 Å². The Hall–Kier alpha value is -1.89. The fourth-order valence-electron chi connectivity index (χ4n) is 2.54. The number of carbonyl (C=O) groups is 1. The van der Waals surface area contributed by atoms with Crippen molar-refractivity contribution in [3.8, 4) is 0 Å². The van der Waals surface area contributed by atoms with Crippen LogP contribution in [0.3, 0.4) is 0 Å². The maximum atomic E-state index is 11.3. The first-order valence-electron chi connectivity index (χ1n) is 7.68. The summed E-state index contributed by atoms with van der Waals surface area (Å²) in [6.45, 7) is 5.10. The van der Waals surface area contributed by atoms with Crippen LogP contribution >= 0.6 is 0 Å². The number of carbonyl (C=O) groups excluding carboxylic acids is 1. The van der Waals surface area contributed by atoms with Gasteiger partial charge < -0.3 is 21.7 Å². The van der Waals surface area contributed by atoms with Crippen molar-refractivity contribution in [3.63, 3.8) is 0 Å². The largest absolute Gasteiger partial charge is 0.384 e. The summed E-state index contributed by atoms with van der Waals surface area (Å²) in [5.74, 6) is 1.29. The van der Waals surface area contributed by atoms with Gasteiger partial charge in [-0.05, 0) is 58.0 Å². The normalized spacial score (nSPS) is 27.9. The van der Waals surface area contributed by atoms with Gasteiger partial charge >= 0.3 is 0 Å². The molecule has 0 aromatic heterocycles. The molecule has 2 aliphatic rings. The number of amidine groups is 2. The van der Waals surface area contributed by atoms with E-state index >= 15 is 0 Å². The summed E-state index contributed by atoms with van der Waals surface area (Å²) >= 11 is 0. The van der Waals surface area contributed by atoms with Crippen molar-refractivity contribution in [3.05, 3.63) is 12.2 Å². The lowest BCUT2D eigenvalue weighted by Gasteiger charge is -2.27. The van der Waals surface area contributed by atoms with Crippen LogP contribution in [0.4, 0.5) is 0 Å². The van der Waals surface area contributed by atoms with Crippen LogP contribution < -0.4 is 16.8 Å². The lowest BCUT2D eigenvalue weighted by molar-refractivity contribution is -0.122. The van der Waals surface area contributed by atoms with E-state index in [9.17, 15) is 4.79 Å². The Labute approximate surface area is 131 Å². The van der Waals surface area contributed by atoms with E-state index in [0.717, 1.165) is 19.6 Å². The number of nitrogens with two attached hydrogens (primary N) is 2. The van der Waals surface area contributed by atoms with Gasteiger partial charge in [0.15, 0.2) is 0 Å². The van der Waals surface area contributed by atoms with E-state index < -0.39 is 11.4 Å². The fourth-order valence-corrected chi connectivity index (χ4v) is 2.54. The lowest BCUT2D eigenvalue weighted by atomic mass is 9.97. The number of primary amides is 1. The van der Waals surface area contributed by atoms with E-state index in [1.165, 1.54) is 12.8 Å². The summed E-state index contributed by atoms with van der Waals surface area (Å²) in [7, 11) is 2.14. The van der Waals surface area contributed by atoms with E-state index in [4.69, 9.17) is 11.5 Å². The molecular formula is C15H26N6O. The molecule has 22 heavy (non-hydrogen) atoms. The van der Waals surface area contributed by atoms with Crippen molar-refractivity contribution in [1.82, 2.24) is 10.2 Å². The number of nitrogens with one attached hydrogen (secondary N) is 1. The number of hydrogen-bond acceptors (Lipinski definition) is 5. The molecule has 2 aliphatic heterocycles. The molecule has 1 fully saturated rings. The number of amides is 1. The van der Waals surface area contributed by atoms with Gasteiger partial charge in [0.2, 0.25) is 5.91 Å². The molecule has 1 atom stereocenters. The van der Waals surface area contributed by atoms with Gasteiger partial charge in [-0.15, -0.1) is 0 Å². The predicted molar refractivity (Wildman–Crippen MR) is 88.9 cm³/mol. The third kappa shape index (κ3) is 4.30. The Kier molecular flexibility index (Phi) is 5.18. The highest BCUT2D eigenvalue weighted by atomic mass is 16.1. The summed E-state index contributed by atoms with van der Waals surface area (Å²) in [5.41, 5.74) is 10.4. The maximum Gasteiger partial charge on any atom is 0.244 e. The molecule has 0 aromatic rings. The molecule has 1 amide bonds. The zero-order valence-corrected chi connectivity index (χ0v) is 13.4. The number of hydrogen-bond donors (Lipinski definition) is 3. The van der Waals surface area contributed by atoms with Crippen molar-refractivity contribution in [2.45, 2.75) is 25.3 Å². The highest BCUT2D eigenvalue weighted by molar-refractivity contribution is 6.04. The molecule has 122 valence electrons. The summed E-state index contributed by atoms with van der Waals surface area (Å²) in [6.07, 6.45) is 5.79. The molecule has 5 N–H and O–H groups in total. The Morgan fingerprint density at radius 3 is 2.77 bits per heavy atom. The number of nitrogens with zero attached hydrogens (tertiary/aromatic N) is 3. The average molecular weight is 306 g/mol. The monoisotopic (exact) mass is 306 g/mol. The van der Waals surface area contributed by atoms with Crippen molar-refractivity contribution >= 4 is 17.6 Å². The molecule has 2 heterocycles. The van der Waals surface area contributed by atoms with E-state index in [0.29, 0.717) is 24.1 Å². The Morgan fingerprint density at radius 1 is 1.50 bits per heavy atom. The predicted octanol–water partition coefficient (Wildman–Crippen LogP) is -0.513. The fraction of sp³-hybridized carbons (Fsp3) is 0.667. The molecular weight excluding hydrogens is 280 g/mol. The van der Waals surface area contributed by atoms with E-state index in [1.807, 2.05) is 0 Å². The summed E-state index contributed by atoms with van der Waals surface area (Å²) < 4.78 is 0. The van der Waals surface area contributed by atoms with Gasteiger partial charge in [-0.2, -0.15) is 0 Å². The molecule has 1 saturated heterocycles. The molecule has 0 aromatic carbocycles. The minimum absolute atomic E-state index is 0.342. The molecule has 0 spiro atoms. The van der Waals surface area contributed by atoms with Crippen LogP contribution in [0.2, 0.25) is 0 Å². The second-order valence-corrected chi connectivity index (χ2v) is 6.37. The number of likely N-dealkylation sites (tertiary alicyclic amines) is 1. The minimum atomic E-state index is -0.806. The van der Waals surface area contributed by atoms with Gasteiger partial charge in [-0.25, -0.2) is 0 Å². The lowest BCUT2D eigenvalue weighted by Crippen LogP contribution is -2.53. The molecule has 0 saturated carbocycles. The Bertz CT molecular complexity index is 504. The van der Waals surface area contributed by atoms with Crippen LogP contribution in [0.15, 0.2) is 22.1 Å². The third-order valence-electron chi connectivity index (χ3n) is 4.30. The SMILES string of the molecule is CN1CCC(CN=C(N)/C=C\C2=NCC(C)(C(N)=O)N2)CC1. The number of rotatable bonds is 5. The first-order chi connectivity index (χ1) is 10.4. The smallest absolute Gasteiger partial charge is 0.244 e. The van der Waals surface area contributed by atoms with Gasteiger partial charge in [0.1, 0.15) is 17.2 Å². The van der Waals surface area contributed by atoms with Crippen LogP contribution in [0.1, 0.15) is 19.8 Å². The first-order valence-corrected chi connectivity index (χ1v) is 7.68. The zero-order valence-electron chi connectivity index (χ0n) is 13.4. The molecule has 0 radical (unpaired) electrons. The van der Waals surface area contributed by atoms with Gasteiger partial charge in [0.25, 0.3) is 0 Å². The van der Waals surface area contributed by atoms with Crippen LogP contribution in [0.5, 0.6) is 0 Å². The van der Waals surface area contributed by atoms with Gasteiger partial charge in [-0.1, -0.05) is 0 Å². The minimum Gasteiger partial charge on any atom is -0.384 e. The summed E-state index contributed by atoms with van der Waals surface area (Å²) in [4.78, 5) is 22.3. The molecule has 1 unspecified atom stereocenters. The summed E-state index contributed by atoms with van der Waals surface area (Å²) in [5, 5.41) is 3.01. The second kappa shape index (κ2) is 6.91. The number of piperidine rings is 1. The maximum absolute atomic E-state index is 11.3. The molecule has 2 rings (SSSR count). The van der Waals surface area contributed by atoms with Gasteiger partial charge in [0.05, 0.1) is 6.54 Å². The van der Waals surface area contributed by atoms with Crippen LogP contribution in [-0.4, -0.2) is 61.2 Å². The van der Waals surface area contributed by atoms with Crippen molar-refractivity contribution < 1.29 is 4.79 Å². The van der Waals surface area contributed by atoms with E-state index in [-0.39, 0.29) is 0 Å². The topological polar surface area (TPSA) is 109 Å². The molecule has 7 heteroatoms. The number of aliphatic imine (C=N–C) groups is 2. The van der Waals surface area contributed by atoms with Gasteiger partial charge in [0, 0.05) is 6.54 Å². The Morgan fingerprint density at radius 2 is 2.18 bits per heavy atom. The van der Waals surface area contributed by atoms with Crippen LogP contribution in [0, 0.1) is 5.92 Å². The Balaban J connectivity index is 1.80. The van der Waals surface area contributed by atoms with Crippen molar-refractivity contribution in [2.24, 2.45) is 27.4 Å². The van der Waals surface area contributed by atoms with Crippen molar-refractivity contribution in [2.75, 3.05) is 33.2 Å². The second-order valence-electron chi connectivity index (χ2n) is 6.37. The zero-order chi connectivity index (χ0) is 16.2. The summed E-state index contributed by atoms with van der Waals surface area (Å²) in [6, 6.07) is 0. The van der Waals surface area contributed by atoms with Crippen molar-refractivity contribution in [1.29, 1.82) is 0 Å². The average Bonchev–Trinajstić information content (AvgIpc) is 2.88. The highest BCUT2D eigenvalue weighted by Gasteiger charge is 2.35. The first kappa shape index (κ1) is 16.5. The third-order valence-corrected chi connectivity index (χ3v) is 4.30. The standard InChI is InChI=1S/C15H26N6O/c1-15(14(17)22)10-19-13(20-15)4-3-12(16)18-9-11-5-7-21(2)8-6-11/h3-4,11H,5-10H2,1-2H3,(H2,16,18)(H2,17,22)(H,19,20)/b4-3-. The molecule has 0 bridgehead atoms. The molecule has 7 nitrogen and oxygen atoms in total. The van der Waals surface area contributed by atoms with Crippen LogP contribution in [-0.2, 0) is 4.79 Å². The quantitative estimate of drug-likeness (QED) is 0.469. The van der Waals surface area contributed by atoms with Gasteiger partial charge in [-0.3, -0.25) is 14.8 Å².